The topological polar surface area (TPSA) is 20.2 Å². The number of hydrogen-bond donors (Lipinski definition) is 1. The largest absolute Gasteiger partial charge is 0.503 e. The lowest BCUT2D eigenvalue weighted by Crippen LogP contribution is -2.09. The quantitative estimate of drug-likeness (QED) is 0.568. The fourth-order valence-electron chi connectivity index (χ4n) is 0.797. The minimum absolute atomic E-state index is 0.227. The van der Waals surface area contributed by atoms with Crippen molar-refractivity contribution in [2.75, 3.05) is 0 Å². The monoisotopic (exact) mass is 276 g/mol. The average Bonchev–Trinajstić information content (AvgIpc) is 2.06. The van der Waals surface area contributed by atoms with Gasteiger partial charge in [0.2, 0.25) is 0 Å². The van der Waals surface area contributed by atoms with Gasteiger partial charge in [-0.15, -0.1) is 0 Å². The maximum atomic E-state index is 12.7. The molecule has 0 aliphatic rings. The molecule has 1 nitrogen and oxygen atoms in total. The Kier molecular flexibility index (Phi) is 2.71. The standard InChI is InChI=1S/C7H2BrF5O/c8-3-1-2(7(11,12)13)4(9)6(14)5(3)10/h1,14H. The van der Waals surface area contributed by atoms with E-state index in [0.717, 1.165) is 0 Å². The van der Waals surface area contributed by atoms with Crippen LogP contribution in [0.25, 0.3) is 0 Å². The second-order valence-electron chi connectivity index (χ2n) is 2.38. The van der Waals surface area contributed by atoms with Gasteiger partial charge < -0.3 is 5.11 Å². The molecule has 0 saturated carbocycles. The molecule has 0 amide bonds. The Balaban J connectivity index is 3.49. The molecule has 14 heavy (non-hydrogen) atoms. The van der Waals surface area contributed by atoms with E-state index in [1.54, 1.807) is 0 Å². The number of hydrogen-bond acceptors (Lipinski definition) is 1. The molecule has 0 radical (unpaired) electrons. The van der Waals surface area contributed by atoms with Gasteiger partial charge in [0.15, 0.2) is 17.4 Å². The van der Waals surface area contributed by atoms with Gasteiger partial charge in [-0.3, -0.25) is 0 Å². The first kappa shape index (κ1) is 11.2. The van der Waals surface area contributed by atoms with E-state index in [1.165, 1.54) is 0 Å². The van der Waals surface area contributed by atoms with Crippen molar-refractivity contribution in [3.05, 3.63) is 27.7 Å². The molecular weight excluding hydrogens is 275 g/mol. The van der Waals surface area contributed by atoms with Crippen LogP contribution in [0.4, 0.5) is 22.0 Å². The van der Waals surface area contributed by atoms with Gasteiger partial charge in [-0.25, -0.2) is 8.78 Å². The maximum Gasteiger partial charge on any atom is 0.419 e. The molecule has 0 aromatic heterocycles. The molecule has 78 valence electrons. The van der Waals surface area contributed by atoms with Crippen molar-refractivity contribution in [2.45, 2.75) is 6.18 Å². The minimum Gasteiger partial charge on any atom is -0.503 e. The van der Waals surface area contributed by atoms with Crippen LogP contribution in [0.5, 0.6) is 5.75 Å². The maximum absolute atomic E-state index is 12.7. The van der Waals surface area contributed by atoms with E-state index in [9.17, 15) is 22.0 Å². The first-order chi connectivity index (χ1) is 6.25. The number of halogens is 6. The zero-order valence-corrected chi connectivity index (χ0v) is 7.88. The molecule has 1 aromatic carbocycles. The van der Waals surface area contributed by atoms with Gasteiger partial charge in [-0.05, 0) is 22.0 Å². The number of benzene rings is 1. The first-order valence-electron chi connectivity index (χ1n) is 3.18. The Bertz CT molecular complexity index is 373. The van der Waals surface area contributed by atoms with E-state index in [4.69, 9.17) is 5.11 Å². The molecule has 0 bridgehead atoms. The van der Waals surface area contributed by atoms with Gasteiger partial charge in [-0.1, -0.05) is 0 Å². The molecule has 1 aromatic rings. The van der Waals surface area contributed by atoms with E-state index in [1.807, 2.05) is 0 Å². The number of alkyl halides is 3. The number of phenolic OH excluding ortho intramolecular Hbond substituents is 1. The molecule has 1 rings (SSSR count). The summed E-state index contributed by atoms with van der Waals surface area (Å²) in [6, 6.07) is 0.227. The minimum atomic E-state index is -4.97. The van der Waals surface area contributed by atoms with Crippen molar-refractivity contribution in [1.29, 1.82) is 0 Å². The molecular formula is C7H2BrF5O. The summed E-state index contributed by atoms with van der Waals surface area (Å²) in [5.41, 5.74) is -1.72. The van der Waals surface area contributed by atoms with E-state index >= 15 is 0 Å². The molecule has 0 heterocycles. The van der Waals surface area contributed by atoms with Gasteiger partial charge in [0.05, 0.1) is 10.0 Å². The second-order valence-corrected chi connectivity index (χ2v) is 3.23. The summed E-state index contributed by atoms with van der Waals surface area (Å²) in [7, 11) is 0. The fourth-order valence-corrected chi connectivity index (χ4v) is 1.21. The predicted molar refractivity (Wildman–Crippen MR) is 40.7 cm³/mol. The molecule has 0 unspecified atom stereocenters. The van der Waals surface area contributed by atoms with Gasteiger partial charge >= 0.3 is 6.18 Å². The Morgan fingerprint density at radius 2 is 1.64 bits per heavy atom. The summed E-state index contributed by atoms with van der Waals surface area (Å²) in [5.74, 6) is -5.12. The third kappa shape index (κ3) is 1.82. The van der Waals surface area contributed by atoms with Gasteiger partial charge in [0, 0.05) is 0 Å². The highest BCUT2D eigenvalue weighted by molar-refractivity contribution is 9.10. The lowest BCUT2D eigenvalue weighted by molar-refractivity contribution is -0.140. The van der Waals surface area contributed by atoms with Gasteiger partial charge in [0.1, 0.15) is 0 Å². The first-order valence-corrected chi connectivity index (χ1v) is 3.98. The highest BCUT2D eigenvalue weighted by atomic mass is 79.9. The van der Waals surface area contributed by atoms with Crippen LogP contribution in [0.3, 0.4) is 0 Å². The van der Waals surface area contributed by atoms with Crippen LogP contribution >= 0.6 is 15.9 Å². The normalized spacial score (nSPS) is 11.9. The Morgan fingerprint density at radius 3 is 2.07 bits per heavy atom. The van der Waals surface area contributed by atoms with Crippen molar-refractivity contribution in [1.82, 2.24) is 0 Å². The van der Waals surface area contributed by atoms with Crippen LogP contribution in [0.15, 0.2) is 10.5 Å². The van der Waals surface area contributed by atoms with Crippen molar-refractivity contribution < 1.29 is 27.1 Å². The summed E-state index contributed by atoms with van der Waals surface area (Å²) in [5, 5.41) is 8.65. The summed E-state index contributed by atoms with van der Waals surface area (Å²) < 4.78 is 60.9. The molecule has 0 spiro atoms. The molecule has 0 saturated heterocycles. The molecule has 0 aliphatic heterocycles. The van der Waals surface area contributed by atoms with Gasteiger partial charge in [-0.2, -0.15) is 13.2 Å². The lowest BCUT2D eigenvalue weighted by Gasteiger charge is -2.10. The molecule has 7 heteroatoms. The van der Waals surface area contributed by atoms with E-state index in [0.29, 0.717) is 0 Å². The van der Waals surface area contributed by atoms with Crippen molar-refractivity contribution in [3.8, 4) is 5.75 Å². The zero-order valence-electron chi connectivity index (χ0n) is 6.29. The summed E-state index contributed by atoms with van der Waals surface area (Å²) in [6.07, 6.45) is -4.97. The second kappa shape index (κ2) is 3.38. The van der Waals surface area contributed by atoms with Crippen molar-refractivity contribution >= 4 is 15.9 Å². The number of aromatic hydroxyl groups is 1. The third-order valence-electron chi connectivity index (χ3n) is 1.44. The summed E-state index contributed by atoms with van der Waals surface area (Å²) in [4.78, 5) is 0. The molecule has 0 atom stereocenters. The fraction of sp³-hybridized carbons (Fsp3) is 0.143. The van der Waals surface area contributed by atoms with E-state index in [2.05, 4.69) is 15.9 Å². The average molecular weight is 277 g/mol. The van der Waals surface area contributed by atoms with Crippen LogP contribution in [-0.4, -0.2) is 5.11 Å². The zero-order chi connectivity index (χ0) is 11.1. The number of rotatable bonds is 0. The van der Waals surface area contributed by atoms with Gasteiger partial charge in [0.25, 0.3) is 0 Å². The van der Waals surface area contributed by atoms with E-state index in [-0.39, 0.29) is 6.07 Å². The van der Waals surface area contributed by atoms with Crippen LogP contribution < -0.4 is 0 Å². The summed E-state index contributed by atoms with van der Waals surface area (Å²) in [6.45, 7) is 0. The summed E-state index contributed by atoms with van der Waals surface area (Å²) >= 11 is 2.42. The molecule has 0 aliphatic carbocycles. The van der Waals surface area contributed by atoms with Crippen LogP contribution in [0, 0.1) is 11.6 Å². The third-order valence-corrected chi connectivity index (χ3v) is 2.02. The molecule has 1 N–H and O–H groups in total. The van der Waals surface area contributed by atoms with E-state index < -0.39 is 33.6 Å². The highest BCUT2D eigenvalue weighted by Crippen LogP contribution is 2.38. The smallest absolute Gasteiger partial charge is 0.419 e. The predicted octanol–water partition coefficient (Wildman–Crippen LogP) is 3.45. The Labute approximate surface area is 83.3 Å². The Hall–Kier alpha value is -0.850. The van der Waals surface area contributed by atoms with Crippen molar-refractivity contribution in [2.24, 2.45) is 0 Å². The van der Waals surface area contributed by atoms with Crippen LogP contribution in [0.2, 0.25) is 0 Å². The van der Waals surface area contributed by atoms with Crippen LogP contribution in [0.1, 0.15) is 5.56 Å². The highest BCUT2D eigenvalue weighted by Gasteiger charge is 2.37. The van der Waals surface area contributed by atoms with Crippen LogP contribution in [-0.2, 0) is 6.18 Å². The molecule has 0 fully saturated rings. The SMILES string of the molecule is Oc1c(F)c(Br)cc(C(F)(F)F)c1F. The Morgan fingerprint density at radius 1 is 1.14 bits per heavy atom. The number of phenols is 1. The van der Waals surface area contributed by atoms with Crippen molar-refractivity contribution in [3.63, 3.8) is 0 Å². The lowest BCUT2D eigenvalue weighted by atomic mass is 10.2.